The molecule has 1 aliphatic heterocycles. The number of nitrogens with zero attached hydrogens (tertiary/aromatic N) is 6. The van der Waals surface area contributed by atoms with Gasteiger partial charge in [0.05, 0.1) is 22.8 Å². The van der Waals surface area contributed by atoms with Crippen LogP contribution in [-0.2, 0) is 4.74 Å². The lowest BCUT2D eigenvalue weighted by Crippen LogP contribution is -2.33. The number of fused-ring (bicyclic) bond motifs is 2. The number of pyridine rings is 1. The Balaban J connectivity index is 1.50. The second-order valence-corrected chi connectivity index (χ2v) is 7.57. The largest absolute Gasteiger partial charge is 0.372 e. The number of anilines is 2. The van der Waals surface area contributed by atoms with Crippen molar-refractivity contribution in [2.24, 2.45) is 0 Å². The van der Waals surface area contributed by atoms with Crippen LogP contribution in [0.25, 0.3) is 16.7 Å². The van der Waals surface area contributed by atoms with Gasteiger partial charge in [-0.2, -0.15) is 10.1 Å². The topological polar surface area (TPSA) is 82.2 Å². The standard InChI is InChI=1S/C20H21F2N7O/c1-11-7-17-23-4-5-28(17)10-15(11)25-20-24-9-14-12(2)27-29(19(14)26-20)13-3-6-30-16(8-13)18(21)22/h4-5,7,9-10,13,16,18H,3,6,8H2,1-2H3,(H,24,25,26). The summed E-state index contributed by atoms with van der Waals surface area (Å²) < 4.78 is 35.2. The quantitative estimate of drug-likeness (QED) is 0.548. The van der Waals surface area contributed by atoms with Crippen molar-refractivity contribution >= 4 is 28.3 Å². The zero-order valence-electron chi connectivity index (χ0n) is 16.6. The van der Waals surface area contributed by atoms with Gasteiger partial charge in [0.1, 0.15) is 11.8 Å². The predicted octanol–water partition coefficient (Wildman–Crippen LogP) is 3.82. The summed E-state index contributed by atoms with van der Waals surface area (Å²) in [5.74, 6) is 0.420. The van der Waals surface area contributed by atoms with Gasteiger partial charge in [-0.05, 0) is 31.9 Å². The Hall–Kier alpha value is -3.14. The second-order valence-electron chi connectivity index (χ2n) is 7.57. The Kier molecular flexibility index (Phi) is 4.58. The highest BCUT2D eigenvalue weighted by Gasteiger charge is 2.32. The fraction of sp³-hybridized carbons (Fsp3) is 0.400. The van der Waals surface area contributed by atoms with Crippen LogP contribution in [0.2, 0.25) is 0 Å². The number of halogens is 2. The van der Waals surface area contributed by atoms with Crippen LogP contribution in [0.1, 0.15) is 30.1 Å². The average Bonchev–Trinajstić information content (AvgIpc) is 3.32. The van der Waals surface area contributed by atoms with E-state index in [1.165, 1.54) is 0 Å². The van der Waals surface area contributed by atoms with Crippen molar-refractivity contribution in [3.63, 3.8) is 0 Å². The number of imidazole rings is 1. The maximum Gasteiger partial charge on any atom is 0.264 e. The third-order valence-electron chi connectivity index (χ3n) is 5.53. The molecule has 0 radical (unpaired) electrons. The van der Waals surface area contributed by atoms with Crippen LogP contribution in [0.4, 0.5) is 20.4 Å². The Bertz CT molecular complexity index is 1220. The van der Waals surface area contributed by atoms with Crippen molar-refractivity contribution < 1.29 is 13.5 Å². The van der Waals surface area contributed by atoms with E-state index in [0.29, 0.717) is 18.0 Å². The Morgan fingerprint density at radius 2 is 2.13 bits per heavy atom. The average molecular weight is 413 g/mol. The van der Waals surface area contributed by atoms with Gasteiger partial charge in [-0.15, -0.1) is 0 Å². The monoisotopic (exact) mass is 413 g/mol. The first-order valence-electron chi connectivity index (χ1n) is 9.81. The van der Waals surface area contributed by atoms with Crippen molar-refractivity contribution in [2.75, 3.05) is 11.9 Å². The van der Waals surface area contributed by atoms with E-state index in [9.17, 15) is 8.78 Å². The highest BCUT2D eigenvalue weighted by molar-refractivity contribution is 5.79. The minimum atomic E-state index is -2.51. The third-order valence-corrected chi connectivity index (χ3v) is 5.53. The lowest BCUT2D eigenvalue weighted by Gasteiger charge is -2.29. The van der Waals surface area contributed by atoms with Crippen LogP contribution in [0.5, 0.6) is 0 Å². The van der Waals surface area contributed by atoms with Crippen molar-refractivity contribution in [2.45, 2.75) is 45.3 Å². The molecule has 1 aliphatic rings. The molecule has 1 N–H and O–H groups in total. The Morgan fingerprint density at radius 1 is 1.27 bits per heavy atom. The first-order valence-corrected chi connectivity index (χ1v) is 9.81. The van der Waals surface area contributed by atoms with Gasteiger partial charge >= 0.3 is 0 Å². The number of alkyl halides is 2. The SMILES string of the molecule is Cc1cc2nccn2cc1Nc1ncc2c(C)nn(C3CCOC(C(F)F)C3)c2n1. The number of ether oxygens (including phenoxy) is 1. The molecule has 0 aromatic carbocycles. The van der Waals surface area contributed by atoms with Crippen LogP contribution in [0, 0.1) is 13.8 Å². The number of hydrogen-bond donors (Lipinski definition) is 1. The molecule has 1 fully saturated rings. The molecular weight excluding hydrogens is 392 g/mol. The molecule has 8 nitrogen and oxygen atoms in total. The van der Waals surface area contributed by atoms with Crippen LogP contribution in [0.3, 0.4) is 0 Å². The molecule has 2 unspecified atom stereocenters. The summed E-state index contributed by atoms with van der Waals surface area (Å²) in [6, 6.07) is 1.78. The lowest BCUT2D eigenvalue weighted by atomic mass is 10.0. The molecule has 0 bridgehead atoms. The lowest BCUT2D eigenvalue weighted by molar-refractivity contribution is -0.0911. The number of hydrogen-bond acceptors (Lipinski definition) is 6. The molecule has 4 aromatic rings. The van der Waals surface area contributed by atoms with Gasteiger partial charge in [0.2, 0.25) is 5.95 Å². The van der Waals surface area contributed by atoms with Gasteiger partial charge in [-0.1, -0.05) is 0 Å². The second kappa shape index (κ2) is 7.28. The maximum atomic E-state index is 13.2. The highest BCUT2D eigenvalue weighted by Crippen LogP contribution is 2.31. The third kappa shape index (κ3) is 3.26. The van der Waals surface area contributed by atoms with E-state index in [4.69, 9.17) is 4.74 Å². The summed E-state index contributed by atoms with van der Waals surface area (Å²) >= 11 is 0. The molecule has 30 heavy (non-hydrogen) atoms. The van der Waals surface area contributed by atoms with E-state index < -0.39 is 12.5 Å². The molecule has 10 heteroatoms. The summed E-state index contributed by atoms with van der Waals surface area (Å²) in [4.78, 5) is 13.4. The van der Waals surface area contributed by atoms with Crippen molar-refractivity contribution in [1.29, 1.82) is 0 Å². The van der Waals surface area contributed by atoms with Crippen molar-refractivity contribution in [3.8, 4) is 0 Å². The normalized spacial score (nSPS) is 19.8. The minimum absolute atomic E-state index is 0.194. The summed E-state index contributed by atoms with van der Waals surface area (Å²) in [5, 5.41) is 8.64. The summed E-state index contributed by atoms with van der Waals surface area (Å²) in [7, 11) is 0. The molecule has 1 saturated heterocycles. The van der Waals surface area contributed by atoms with E-state index in [1.807, 2.05) is 36.7 Å². The smallest absolute Gasteiger partial charge is 0.264 e. The fourth-order valence-electron chi connectivity index (χ4n) is 3.90. The van der Waals surface area contributed by atoms with Gasteiger partial charge in [0.15, 0.2) is 5.65 Å². The van der Waals surface area contributed by atoms with Crippen LogP contribution in [0.15, 0.2) is 30.9 Å². The van der Waals surface area contributed by atoms with Crippen LogP contribution < -0.4 is 5.32 Å². The number of aromatic nitrogens is 6. The van der Waals surface area contributed by atoms with E-state index >= 15 is 0 Å². The van der Waals surface area contributed by atoms with Gasteiger partial charge < -0.3 is 14.5 Å². The summed E-state index contributed by atoms with van der Waals surface area (Å²) in [5.41, 5.74) is 4.12. The summed E-state index contributed by atoms with van der Waals surface area (Å²) in [6.07, 6.45) is 4.49. The number of rotatable bonds is 4. The number of aryl methyl sites for hydroxylation is 2. The fourth-order valence-corrected chi connectivity index (χ4v) is 3.90. The molecule has 2 atom stereocenters. The molecule has 0 amide bonds. The molecule has 0 aliphatic carbocycles. The predicted molar refractivity (Wildman–Crippen MR) is 107 cm³/mol. The van der Waals surface area contributed by atoms with Gasteiger partial charge in [-0.25, -0.2) is 23.4 Å². The van der Waals surface area contributed by atoms with Crippen molar-refractivity contribution in [1.82, 2.24) is 29.1 Å². The van der Waals surface area contributed by atoms with E-state index in [0.717, 1.165) is 28.0 Å². The zero-order chi connectivity index (χ0) is 20.8. The number of nitrogens with one attached hydrogen (secondary N) is 1. The molecule has 0 saturated carbocycles. The van der Waals surface area contributed by atoms with Crippen LogP contribution in [-0.4, -0.2) is 48.3 Å². The summed E-state index contributed by atoms with van der Waals surface area (Å²) in [6.45, 7) is 4.13. The molecule has 5 heterocycles. The van der Waals surface area contributed by atoms with Gasteiger partial charge in [0, 0.05) is 37.8 Å². The van der Waals surface area contributed by atoms with Crippen LogP contribution >= 0.6 is 0 Å². The van der Waals surface area contributed by atoms with Crippen molar-refractivity contribution in [3.05, 3.63) is 42.1 Å². The Labute approximate surface area is 170 Å². The molecule has 4 aromatic heterocycles. The molecule has 0 spiro atoms. The van der Waals surface area contributed by atoms with E-state index in [2.05, 4.69) is 25.4 Å². The van der Waals surface area contributed by atoms with Gasteiger partial charge in [0.25, 0.3) is 6.43 Å². The van der Waals surface area contributed by atoms with E-state index in [1.54, 1.807) is 17.1 Å². The first kappa shape index (κ1) is 18.9. The molecule has 5 rings (SSSR count). The first-order chi connectivity index (χ1) is 14.5. The highest BCUT2D eigenvalue weighted by atomic mass is 19.3. The molecular formula is C20H21F2N7O. The Morgan fingerprint density at radius 3 is 2.97 bits per heavy atom. The minimum Gasteiger partial charge on any atom is -0.372 e. The van der Waals surface area contributed by atoms with Gasteiger partial charge in [-0.3, -0.25) is 0 Å². The van der Waals surface area contributed by atoms with E-state index in [-0.39, 0.29) is 19.1 Å². The zero-order valence-corrected chi connectivity index (χ0v) is 16.6. The molecule has 156 valence electrons. The maximum absolute atomic E-state index is 13.2.